The molecule has 0 aliphatic carbocycles. The maximum absolute atomic E-state index is 10.9. The van der Waals surface area contributed by atoms with Gasteiger partial charge in [0.05, 0.1) is 12.0 Å². The molecule has 0 saturated heterocycles. The van der Waals surface area contributed by atoms with Crippen molar-refractivity contribution in [2.75, 3.05) is 33.1 Å². The summed E-state index contributed by atoms with van der Waals surface area (Å²) in [6, 6.07) is 4.94. The van der Waals surface area contributed by atoms with Gasteiger partial charge in [0.2, 0.25) is 0 Å². The number of ether oxygens (including phenoxy) is 1. The number of hydrogen-bond donors (Lipinski definition) is 1. The van der Waals surface area contributed by atoms with Gasteiger partial charge in [-0.3, -0.25) is 10.1 Å². The van der Waals surface area contributed by atoms with Crippen molar-refractivity contribution < 1.29 is 9.66 Å². The van der Waals surface area contributed by atoms with E-state index in [1.807, 2.05) is 25.9 Å². The molecule has 1 aromatic rings. The van der Waals surface area contributed by atoms with Gasteiger partial charge in [-0.15, -0.1) is 0 Å². The van der Waals surface area contributed by atoms with E-state index >= 15 is 0 Å². The summed E-state index contributed by atoms with van der Waals surface area (Å²) in [5.74, 6) is 0.598. The monoisotopic (exact) mass is 253 g/mol. The number of anilines is 1. The number of likely N-dealkylation sites (N-methyl/N-ethyl adjacent to an activating group) is 1. The molecule has 0 aliphatic rings. The van der Waals surface area contributed by atoms with Crippen molar-refractivity contribution in [3.05, 3.63) is 28.3 Å². The normalized spacial score (nSPS) is 12.3. The van der Waals surface area contributed by atoms with E-state index in [1.54, 1.807) is 12.1 Å². The highest BCUT2D eigenvalue weighted by Gasteiger charge is 2.15. The molecule has 18 heavy (non-hydrogen) atoms. The molecule has 0 heterocycles. The van der Waals surface area contributed by atoms with Crippen LogP contribution in [0.1, 0.15) is 6.92 Å². The molecule has 1 unspecified atom stereocenters. The minimum absolute atomic E-state index is 0.0572. The summed E-state index contributed by atoms with van der Waals surface area (Å²) in [6.07, 6.45) is 0. The van der Waals surface area contributed by atoms with Gasteiger partial charge in [-0.25, -0.2) is 0 Å². The van der Waals surface area contributed by atoms with Crippen LogP contribution in [0.2, 0.25) is 0 Å². The zero-order valence-corrected chi connectivity index (χ0v) is 11.1. The molecule has 1 N–H and O–H groups in total. The molecule has 100 valence electrons. The van der Waals surface area contributed by atoms with Crippen molar-refractivity contribution in [1.82, 2.24) is 4.90 Å². The molecule has 0 spiro atoms. The third kappa shape index (κ3) is 3.59. The molecule has 1 atom stereocenters. The first-order valence-electron chi connectivity index (χ1n) is 5.68. The Hall–Kier alpha value is -1.82. The van der Waals surface area contributed by atoms with Gasteiger partial charge < -0.3 is 15.0 Å². The van der Waals surface area contributed by atoms with Gasteiger partial charge >= 0.3 is 0 Å². The number of benzene rings is 1. The van der Waals surface area contributed by atoms with Crippen molar-refractivity contribution in [3.8, 4) is 5.75 Å². The molecule has 0 bridgehead atoms. The Balaban J connectivity index is 2.87. The quantitative estimate of drug-likeness (QED) is 0.620. The van der Waals surface area contributed by atoms with E-state index in [4.69, 9.17) is 4.74 Å². The largest absolute Gasteiger partial charge is 0.497 e. The number of nitro groups is 1. The Labute approximate surface area is 107 Å². The van der Waals surface area contributed by atoms with E-state index in [1.165, 1.54) is 13.2 Å². The zero-order valence-electron chi connectivity index (χ0n) is 11.1. The average molecular weight is 253 g/mol. The van der Waals surface area contributed by atoms with Crippen LogP contribution in [-0.2, 0) is 0 Å². The van der Waals surface area contributed by atoms with Crippen LogP contribution in [0.4, 0.5) is 11.4 Å². The van der Waals surface area contributed by atoms with Crippen LogP contribution in [0.15, 0.2) is 18.2 Å². The summed E-state index contributed by atoms with van der Waals surface area (Å²) in [6.45, 7) is 2.67. The summed E-state index contributed by atoms with van der Waals surface area (Å²) in [5, 5.41) is 14.0. The fourth-order valence-corrected chi connectivity index (χ4v) is 1.38. The second kappa shape index (κ2) is 6.20. The Morgan fingerprint density at radius 3 is 2.67 bits per heavy atom. The minimum Gasteiger partial charge on any atom is -0.497 e. The van der Waals surface area contributed by atoms with E-state index in [-0.39, 0.29) is 11.7 Å². The number of hydrogen-bond acceptors (Lipinski definition) is 5. The highest BCUT2D eigenvalue weighted by molar-refractivity contribution is 5.64. The fourth-order valence-electron chi connectivity index (χ4n) is 1.38. The van der Waals surface area contributed by atoms with Gasteiger partial charge in [0.25, 0.3) is 5.69 Å². The van der Waals surface area contributed by atoms with E-state index in [2.05, 4.69) is 5.32 Å². The first-order valence-corrected chi connectivity index (χ1v) is 5.68. The maximum atomic E-state index is 10.9. The topological polar surface area (TPSA) is 67.6 Å². The summed E-state index contributed by atoms with van der Waals surface area (Å²) < 4.78 is 5.07. The molecule has 0 saturated carbocycles. The van der Waals surface area contributed by atoms with Crippen molar-refractivity contribution in [3.63, 3.8) is 0 Å². The smallest absolute Gasteiger partial charge is 0.292 e. The summed E-state index contributed by atoms with van der Waals surface area (Å²) >= 11 is 0. The molecule has 0 aromatic heterocycles. The SMILES string of the molecule is COc1ccc([N+](=O)[O-])c(NCC(C)N(C)C)c1. The second-order valence-corrected chi connectivity index (χ2v) is 4.33. The van der Waals surface area contributed by atoms with Crippen molar-refractivity contribution in [2.24, 2.45) is 0 Å². The number of methoxy groups -OCH3 is 1. The van der Waals surface area contributed by atoms with Gasteiger partial charge in [-0.2, -0.15) is 0 Å². The number of nitrogens with one attached hydrogen (secondary N) is 1. The molecule has 0 aliphatic heterocycles. The molecule has 1 rings (SSSR count). The van der Waals surface area contributed by atoms with Crippen LogP contribution < -0.4 is 10.1 Å². The van der Waals surface area contributed by atoms with E-state index in [9.17, 15) is 10.1 Å². The molecular weight excluding hydrogens is 234 g/mol. The van der Waals surface area contributed by atoms with Gasteiger partial charge in [0, 0.05) is 24.7 Å². The molecule has 0 radical (unpaired) electrons. The fraction of sp³-hybridized carbons (Fsp3) is 0.500. The van der Waals surface area contributed by atoms with Gasteiger partial charge in [-0.1, -0.05) is 0 Å². The first-order chi connectivity index (χ1) is 8.45. The lowest BCUT2D eigenvalue weighted by Crippen LogP contribution is -2.31. The zero-order chi connectivity index (χ0) is 13.7. The van der Waals surface area contributed by atoms with Crippen LogP contribution in [0.25, 0.3) is 0 Å². The van der Waals surface area contributed by atoms with Gasteiger partial charge in [0.1, 0.15) is 11.4 Å². The Kier molecular flexibility index (Phi) is 4.91. The third-order valence-corrected chi connectivity index (χ3v) is 2.87. The second-order valence-electron chi connectivity index (χ2n) is 4.33. The molecule has 0 fully saturated rings. The summed E-state index contributed by atoms with van der Waals surface area (Å²) in [7, 11) is 5.46. The summed E-state index contributed by atoms with van der Waals surface area (Å²) in [4.78, 5) is 12.6. The number of nitrogens with zero attached hydrogens (tertiary/aromatic N) is 2. The average Bonchev–Trinajstić information content (AvgIpc) is 2.34. The molecule has 6 nitrogen and oxygen atoms in total. The number of rotatable bonds is 6. The van der Waals surface area contributed by atoms with E-state index in [0.29, 0.717) is 18.0 Å². The van der Waals surface area contributed by atoms with E-state index < -0.39 is 4.92 Å². The molecular formula is C12H19N3O3. The molecule has 0 amide bonds. The van der Waals surface area contributed by atoms with Crippen LogP contribution >= 0.6 is 0 Å². The molecule has 6 heteroatoms. The van der Waals surface area contributed by atoms with Crippen molar-refractivity contribution in [1.29, 1.82) is 0 Å². The van der Waals surface area contributed by atoms with Gasteiger partial charge in [0.15, 0.2) is 0 Å². The Morgan fingerprint density at radius 1 is 1.50 bits per heavy atom. The first kappa shape index (κ1) is 14.2. The minimum atomic E-state index is -0.401. The highest BCUT2D eigenvalue weighted by Crippen LogP contribution is 2.28. The lowest BCUT2D eigenvalue weighted by atomic mass is 10.2. The number of nitro benzene ring substituents is 1. The molecule has 1 aromatic carbocycles. The van der Waals surface area contributed by atoms with Crippen LogP contribution in [0.3, 0.4) is 0 Å². The lowest BCUT2D eigenvalue weighted by Gasteiger charge is -2.20. The Bertz CT molecular complexity index is 421. The maximum Gasteiger partial charge on any atom is 0.292 e. The standard InChI is InChI=1S/C12H19N3O3/c1-9(14(2)3)8-13-11-7-10(18-4)5-6-12(11)15(16)17/h5-7,9,13H,8H2,1-4H3. The van der Waals surface area contributed by atoms with Gasteiger partial charge in [-0.05, 0) is 27.1 Å². The van der Waals surface area contributed by atoms with Crippen LogP contribution in [0.5, 0.6) is 5.75 Å². The van der Waals surface area contributed by atoms with Crippen LogP contribution in [0, 0.1) is 10.1 Å². The summed E-state index contributed by atoms with van der Waals surface area (Å²) in [5.41, 5.74) is 0.537. The van der Waals surface area contributed by atoms with Crippen molar-refractivity contribution >= 4 is 11.4 Å². The van der Waals surface area contributed by atoms with Crippen LogP contribution in [-0.4, -0.2) is 43.6 Å². The lowest BCUT2D eigenvalue weighted by molar-refractivity contribution is -0.384. The predicted molar refractivity (Wildman–Crippen MR) is 71.3 cm³/mol. The van der Waals surface area contributed by atoms with Crippen molar-refractivity contribution in [2.45, 2.75) is 13.0 Å². The van der Waals surface area contributed by atoms with E-state index in [0.717, 1.165) is 0 Å². The third-order valence-electron chi connectivity index (χ3n) is 2.87. The Morgan fingerprint density at radius 2 is 2.17 bits per heavy atom. The predicted octanol–water partition coefficient (Wildman–Crippen LogP) is 1.97. The highest BCUT2D eigenvalue weighted by atomic mass is 16.6.